The Morgan fingerprint density at radius 2 is 1.86 bits per heavy atom. The van der Waals surface area contributed by atoms with Gasteiger partial charge in [-0.3, -0.25) is 9.69 Å². The fraction of sp³-hybridized carbons (Fsp3) is 0.531. The fourth-order valence-electron chi connectivity index (χ4n) is 7.12. The van der Waals surface area contributed by atoms with Gasteiger partial charge in [0.1, 0.15) is 12.2 Å². The molecule has 1 amide bonds. The van der Waals surface area contributed by atoms with E-state index in [2.05, 4.69) is 40.9 Å². The van der Waals surface area contributed by atoms with E-state index >= 15 is 0 Å². The topological polar surface area (TPSA) is 66.7 Å². The molecule has 0 aliphatic carbocycles. The van der Waals surface area contributed by atoms with Crippen molar-refractivity contribution in [3.8, 4) is 0 Å². The number of hydrogen-bond donors (Lipinski definition) is 0. The summed E-state index contributed by atoms with van der Waals surface area (Å²) in [4.78, 5) is 19.9. The molecule has 2 saturated heterocycles. The highest BCUT2D eigenvalue weighted by Crippen LogP contribution is 2.43. The smallest absolute Gasteiger partial charge is 0.381 e. The summed E-state index contributed by atoms with van der Waals surface area (Å²) < 4.78 is 51.0. The quantitative estimate of drug-likeness (QED) is 0.405. The first kappa shape index (κ1) is 29.8. The molecule has 0 radical (unpaired) electrons. The molecule has 2 aromatic carbocycles. The minimum absolute atomic E-state index is 0.0412. The molecule has 0 saturated carbocycles. The fourth-order valence-corrected chi connectivity index (χ4v) is 7.12. The Morgan fingerprint density at radius 3 is 2.53 bits per heavy atom. The van der Waals surface area contributed by atoms with Gasteiger partial charge in [-0.2, -0.15) is 13.2 Å². The molecule has 43 heavy (non-hydrogen) atoms. The number of benzene rings is 2. The van der Waals surface area contributed by atoms with Crippen LogP contribution in [0.4, 0.5) is 18.9 Å². The zero-order chi connectivity index (χ0) is 30.5. The summed E-state index contributed by atoms with van der Waals surface area (Å²) in [5.41, 5.74) is 1.02. The first-order valence-electron chi connectivity index (χ1n) is 15.0. The number of anilines is 1. The van der Waals surface area contributed by atoms with Gasteiger partial charge in [0, 0.05) is 63.7 Å². The Morgan fingerprint density at radius 1 is 1.09 bits per heavy atom. The maximum Gasteiger partial charge on any atom is 0.416 e. The largest absolute Gasteiger partial charge is 0.416 e. The van der Waals surface area contributed by atoms with Crippen LogP contribution in [0.1, 0.15) is 65.1 Å². The molecule has 2 fully saturated rings. The standard InChI is InChI=1S/C32H39F3N6O2/c1-21(2)28-19-38(3)10-11-40(28)17-22-14-25-26(27(15-22)32(33,34)35)18-41(29(25)42)24-7-5-6-23(16-24)31(8-12-43-13-9-31)30-37-36-20-39(30)4/h5-7,14-16,20-21,28H,8-13,17-19H2,1-4H3/t28-/m1/s1. The number of nitrogens with zero attached hydrogens (tertiary/aromatic N) is 6. The molecular weight excluding hydrogens is 557 g/mol. The van der Waals surface area contributed by atoms with Crippen LogP contribution in [0.5, 0.6) is 0 Å². The molecule has 230 valence electrons. The zero-order valence-corrected chi connectivity index (χ0v) is 25.2. The van der Waals surface area contributed by atoms with E-state index in [1.54, 1.807) is 18.5 Å². The van der Waals surface area contributed by atoms with Crippen molar-refractivity contribution in [3.63, 3.8) is 0 Å². The second-order valence-corrected chi connectivity index (χ2v) is 12.6. The van der Waals surface area contributed by atoms with E-state index < -0.39 is 23.1 Å². The van der Waals surface area contributed by atoms with E-state index in [4.69, 9.17) is 4.74 Å². The molecule has 0 N–H and O–H groups in total. The number of carbonyl (C=O) groups excluding carboxylic acids is 1. The van der Waals surface area contributed by atoms with E-state index in [-0.39, 0.29) is 23.7 Å². The lowest BCUT2D eigenvalue weighted by atomic mass is 9.73. The van der Waals surface area contributed by atoms with Crippen molar-refractivity contribution < 1.29 is 22.7 Å². The molecule has 0 spiro atoms. The Balaban J connectivity index is 1.35. The van der Waals surface area contributed by atoms with Gasteiger partial charge in [0.15, 0.2) is 0 Å². The van der Waals surface area contributed by atoms with Crippen LogP contribution < -0.4 is 4.90 Å². The summed E-state index contributed by atoms with van der Waals surface area (Å²) in [6, 6.07) is 10.8. The lowest BCUT2D eigenvalue weighted by Crippen LogP contribution is -2.53. The number of halogens is 3. The van der Waals surface area contributed by atoms with E-state index in [1.165, 1.54) is 11.0 Å². The number of piperazine rings is 1. The summed E-state index contributed by atoms with van der Waals surface area (Å²) in [5.74, 6) is 0.749. The number of hydrogen-bond acceptors (Lipinski definition) is 6. The van der Waals surface area contributed by atoms with Crippen molar-refractivity contribution in [1.29, 1.82) is 0 Å². The van der Waals surface area contributed by atoms with Gasteiger partial charge in [-0.25, -0.2) is 0 Å². The van der Waals surface area contributed by atoms with Crippen LogP contribution >= 0.6 is 0 Å². The van der Waals surface area contributed by atoms with Gasteiger partial charge in [-0.05, 0) is 66.8 Å². The van der Waals surface area contributed by atoms with Crippen LogP contribution in [0.25, 0.3) is 0 Å². The number of rotatable bonds is 6. The second kappa shape index (κ2) is 11.3. The Bertz CT molecular complexity index is 1500. The minimum Gasteiger partial charge on any atom is -0.381 e. The molecule has 0 bridgehead atoms. The molecule has 3 aliphatic heterocycles. The lowest BCUT2D eigenvalue weighted by Gasteiger charge is -2.42. The first-order chi connectivity index (χ1) is 20.5. The van der Waals surface area contributed by atoms with Crippen molar-refractivity contribution in [2.75, 3.05) is 44.8 Å². The Hall–Kier alpha value is -3.28. The average molecular weight is 597 g/mol. The molecule has 1 aromatic heterocycles. The third-order valence-corrected chi connectivity index (χ3v) is 9.49. The maximum atomic E-state index is 14.5. The molecule has 6 rings (SSSR count). The monoisotopic (exact) mass is 596 g/mol. The number of fused-ring (bicyclic) bond motifs is 1. The molecule has 3 aromatic rings. The second-order valence-electron chi connectivity index (χ2n) is 12.6. The number of carbonyl (C=O) groups is 1. The van der Waals surface area contributed by atoms with Gasteiger partial charge in [-0.15, -0.1) is 10.2 Å². The molecule has 4 heterocycles. The molecular formula is C32H39F3N6O2. The minimum atomic E-state index is -4.57. The third kappa shape index (κ3) is 5.47. The maximum absolute atomic E-state index is 14.5. The SMILES string of the molecule is CC(C)[C@H]1CN(C)CCN1Cc1cc2c(c(C(F)(F)F)c1)CN(c1cccc(C3(c4nncn4C)CCOCC3)c1)C2=O. The van der Waals surface area contributed by atoms with Crippen molar-refractivity contribution in [1.82, 2.24) is 24.6 Å². The summed E-state index contributed by atoms with van der Waals surface area (Å²) in [6.45, 7) is 8.11. The summed E-state index contributed by atoms with van der Waals surface area (Å²) in [5, 5.41) is 8.53. The van der Waals surface area contributed by atoms with Crippen LogP contribution in [0.15, 0.2) is 42.7 Å². The van der Waals surface area contributed by atoms with Crippen LogP contribution in [0.3, 0.4) is 0 Å². The van der Waals surface area contributed by atoms with Crippen LogP contribution in [-0.4, -0.2) is 76.4 Å². The first-order valence-corrected chi connectivity index (χ1v) is 15.0. The number of aryl methyl sites for hydroxylation is 1. The number of ether oxygens (including phenoxy) is 1. The highest BCUT2D eigenvalue weighted by Gasteiger charge is 2.43. The van der Waals surface area contributed by atoms with E-state index in [0.717, 1.165) is 31.0 Å². The van der Waals surface area contributed by atoms with E-state index in [1.807, 2.05) is 29.8 Å². The highest BCUT2D eigenvalue weighted by atomic mass is 19.4. The van der Waals surface area contributed by atoms with Gasteiger partial charge in [-0.1, -0.05) is 26.0 Å². The highest BCUT2D eigenvalue weighted by molar-refractivity contribution is 6.10. The molecule has 11 heteroatoms. The van der Waals surface area contributed by atoms with Gasteiger partial charge in [0.25, 0.3) is 5.91 Å². The Labute approximate surface area is 250 Å². The van der Waals surface area contributed by atoms with E-state index in [0.29, 0.717) is 49.8 Å². The third-order valence-electron chi connectivity index (χ3n) is 9.49. The van der Waals surface area contributed by atoms with Gasteiger partial charge < -0.3 is 19.1 Å². The summed E-state index contributed by atoms with van der Waals surface area (Å²) >= 11 is 0. The normalized spacial score (nSPS) is 21.5. The zero-order valence-electron chi connectivity index (χ0n) is 25.2. The predicted octanol–water partition coefficient (Wildman–Crippen LogP) is 4.86. The van der Waals surface area contributed by atoms with Crippen molar-refractivity contribution in [3.05, 3.63) is 76.4 Å². The molecule has 0 unspecified atom stereocenters. The number of alkyl halides is 3. The lowest BCUT2D eigenvalue weighted by molar-refractivity contribution is -0.138. The summed E-state index contributed by atoms with van der Waals surface area (Å²) in [7, 11) is 3.97. The van der Waals surface area contributed by atoms with Gasteiger partial charge >= 0.3 is 6.18 Å². The van der Waals surface area contributed by atoms with Crippen molar-refractivity contribution in [2.45, 2.75) is 57.4 Å². The summed E-state index contributed by atoms with van der Waals surface area (Å²) in [6.07, 6.45) is -1.54. The number of likely N-dealkylation sites (N-methyl/N-ethyl adjacent to an activating group) is 1. The molecule has 3 aliphatic rings. The van der Waals surface area contributed by atoms with Gasteiger partial charge in [0.05, 0.1) is 17.5 Å². The average Bonchev–Trinajstić information content (AvgIpc) is 3.56. The van der Waals surface area contributed by atoms with Crippen LogP contribution in [0, 0.1) is 5.92 Å². The van der Waals surface area contributed by atoms with Crippen LogP contribution in [0.2, 0.25) is 0 Å². The number of aromatic nitrogens is 3. The Kier molecular flexibility index (Phi) is 7.85. The van der Waals surface area contributed by atoms with E-state index in [9.17, 15) is 18.0 Å². The van der Waals surface area contributed by atoms with Crippen molar-refractivity contribution >= 4 is 11.6 Å². The predicted molar refractivity (Wildman–Crippen MR) is 157 cm³/mol. The van der Waals surface area contributed by atoms with Crippen LogP contribution in [-0.2, 0) is 36.5 Å². The van der Waals surface area contributed by atoms with Gasteiger partial charge in [0.2, 0.25) is 0 Å². The molecule has 8 nitrogen and oxygen atoms in total. The van der Waals surface area contributed by atoms with Crippen molar-refractivity contribution in [2.24, 2.45) is 13.0 Å². The number of amides is 1. The molecule has 1 atom stereocenters.